The van der Waals surface area contributed by atoms with E-state index in [2.05, 4.69) is 4.98 Å². The van der Waals surface area contributed by atoms with Gasteiger partial charge in [-0.25, -0.2) is 4.98 Å². The molecule has 2 heterocycles. The molecule has 6 heteroatoms. The number of amides is 1. The molecule has 2 rings (SSSR count). The highest BCUT2D eigenvalue weighted by Gasteiger charge is 2.17. The van der Waals surface area contributed by atoms with Crippen molar-refractivity contribution in [2.45, 2.75) is 13.3 Å². The van der Waals surface area contributed by atoms with Crippen LogP contribution in [0.5, 0.6) is 0 Å². The van der Waals surface area contributed by atoms with Crippen LogP contribution < -0.4 is 11.5 Å². The number of hydrogen-bond donors (Lipinski definition) is 3. The monoisotopic (exact) mass is 251 g/mol. The third kappa shape index (κ3) is 1.96. The Hall–Kier alpha value is -1.66. The molecule has 0 unspecified atom stereocenters. The van der Waals surface area contributed by atoms with E-state index in [9.17, 15) is 4.79 Å². The van der Waals surface area contributed by atoms with Crippen molar-refractivity contribution < 1.29 is 9.90 Å². The van der Waals surface area contributed by atoms with Gasteiger partial charge in [-0.05, 0) is 25.0 Å². The summed E-state index contributed by atoms with van der Waals surface area (Å²) < 4.78 is 0. The molecule has 0 bridgehead atoms. The molecular formula is C11H13N3O2S. The molecule has 0 atom stereocenters. The number of thiophene rings is 1. The number of aromatic nitrogens is 1. The first kappa shape index (κ1) is 11.8. The lowest BCUT2D eigenvalue weighted by Crippen LogP contribution is -2.10. The van der Waals surface area contributed by atoms with E-state index in [0.29, 0.717) is 21.8 Å². The zero-order valence-corrected chi connectivity index (χ0v) is 10.2. The second-order valence-corrected chi connectivity index (χ2v) is 4.78. The van der Waals surface area contributed by atoms with Crippen molar-refractivity contribution >= 4 is 33.1 Å². The molecule has 2 aromatic rings. The molecule has 0 saturated carbocycles. The minimum atomic E-state index is -0.543. The fraction of sp³-hybridized carbons (Fsp3) is 0.273. The van der Waals surface area contributed by atoms with Gasteiger partial charge in [0.1, 0.15) is 9.71 Å². The summed E-state index contributed by atoms with van der Waals surface area (Å²) in [4.78, 5) is 16.6. The maximum absolute atomic E-state index is 11.2. The van der Waals surface area contributed by atoms with E-state index in [4.69, 9.17) is 16.6 Å². The Labute approximate surface area is 102 Å². The Kier molecular flexibility index (Phi) is 2.99. The van der Waals surface area contributed by atoms with Crippen LogP contribution in [0.4, 0.5) is 5.69 Å². The van der Waals surface area contributed by atoms with Crippen LogP contribution in [0, 0.1) is 6.92 Å². The van der Waals surface area contributed by atoms with Crippen LogP contribution in [-0.4, -0.2) is 22.6 Å². The Balaban J connectivity index is 2.77. The number of anilines is 1. The van der Waals surface area contributed by atoms with Gasteiger partial charge in [-0.15, -0.1) is 11.3 Å². The summed E-state index contributed by atoms with van der Waals surface area (Å²) in [5.74, 6) is -0.543. The van der Waals surface area contributed by atoms with E-state index >= 15 is 0 Å². The fourth-order valence-corrected chi connectivity index (χ4v) is 2.88. The lowest BCUT2D eigenvalue weighted by Gasteiger charge is -2.03. The number of aliphatic hydroxyl groups is 1. The predicted octanol–water partition coefficient (Wildman–Crippen LogP) is 0.821. The van der Waals surface area contributed by atoms with Crippen molar-refractivity contribution in [1.82, 2.24) is 4.98 Å². The molecule has 0 radical (unpaired) electrons. The van der Waals surface area contributed by atoms with Crippen molar-refractivity contribution in [3.8, 4) is 0 Å². The van der Waals surface area contributed by atoms with E-state index < -0.39 is 5.91 Å². The van der Waals surface area contributed by atoms with Crippen molar-refractivity contribution in [2.24, 2.45) is 5.73 Å². The number of aliphatic hydroxyl groups excluding tert-OH is 1. The van der Waals surface area contributed by atoms with Crippen LogP contribution in [0.15, 0.2) is 6.07 Å². The van der Waals surface area contributed by atoms with Gasteiger partial charge >= 0.3 is 0 Å². The predicted molar refractivity (Wildman–Crippen MR) is 68.1 cm³/mol. The minimum Gasteiger partial charge on any atom is -0.397 e. The number of carbonyl (C=O) groups is 1. The smallest absolute Gasteiger partial charge is 0.260 e. The van der Waals surface area contributed by atoms with E-state index in [1.165, 1.54) is 11.3 Å². The van der Waals surface area contributed by atoms with Crippen LogP contribution in [-0.2, 0) is 6.42 Å². The number of nitrogens with zero attached hydrogens (tertiary/aromatic N) is 1. The normalized spacial score (nSPS) is 10.9. The molecule has 0 aromatic carbocycles. The first-order valence-corrected chi connectivity index (χ1v) is 5.95. The number of primary amides is 1. The van der Waals surface area contributed by atoms with Crippen LogP contribution in [0.25, 0.3) is 10.2 Å². The van der Waals surface area contributed by atoms with Gasteiger partial charge in [0.05, 0.1) is 5.69 Å². The van der Waals surface area contributed by atoms with Crippen molar-refractivity contribution in [2.75, 3.05) is 12.3 Å². The summed E-state index contributed by atoms with van der Waals surface area (Å²) in [5.41, 5.74) is 13.3. The van der Waals surface area contributed by atoms with Gasteiger partial charge in [-0.1, -0.05) is 0 Å². The molecule has 1 amide bonds. The Morgan fingerprint density at radius 1 is 1.59 bits per heavy atom. The number of pyridine rings is 1. The third-order valence-electron chi connectivity index (χ3n) is 2.51. The van der Waals surface area contributed by atoms with Crippen LogP contribution in [0.2, 0.25) is 0 Å². The van der Waals surface area contributed by atoms with E-state index in [-0.39, 0.29) is 6.61 Å². The van der Waals surface area contributed by atoms with E-state index in [0.717, 1.165) is 16.6 Å². The summed E-state index contributed by atoms with van der Waals surface area (Å²) >= 11 is 1.19. The largest absolute Gasteiger partial charge is 0.397 e. The molecule has 5 nitrogen and oxygen atoms in total. The summed E-state index contributed by atoms with van der Waals surface area (Å²) in [5, 5.41) is 9.77. The highest BCUT2D eigenvalue weighted by atomic mass is 32.1. The zero-order chi connectivity index (χ0) is 12.6. The SMILES string of the molecule is Cc1cc(CCO)c2c(N)c(C(N)=O)sc2n1. The fourth-order valence-electron chi connectivity index (χ4n) is 1.84. The average Bonchev–Trinajstić information content (AvgIpc) is 2.56. The van der Waals surface area contributed by atoms with Gasteiger partial charge in [-0.3, -0.25) is 4.79 Å². The van der Waals surface area contributed by atoms with Crippen molar-refractivity contribution in [3.05, 3.63) is 22.2 Å². The Morgan fingerprint density at radius 3 is 2.88 bits per heavy atom. The van der Waals surface area contributed by atoms with Crippen LogP contribution in [0.3, 0.4) is 0 Å². The molecular weight excluding hydrogens is 238 g/mol. The standard InChI is InChI=1S/C11H13N3O2S/c1-5-4-6(2-3-15)7-8(12)9(10(13)16)17-11(7)14-5/h4,15H,2-3,12H2,1H3,(H2,13,16). The maximum atomic E-state index is 11.2. The zero-order valence-electron chi connectivity index (χ0n) is 9.36. The van der Waals surface area contributed by atoms with Gasteiger partial charge < -0.3 is 16.6 Å². The number of rotatable bonds is 3. The number of aryl methyl sites for hydroxylation is 1. The van der Waals surface area contributed by atoms with Gasteiger partial charge in [0, 0.05) is 17.7 Å². The van der Waals surface area contributed by atoms with Gasteiger partial charge in [0.25, 0.3) is 5.91 Å². The van der Waals surface area contributed by atoms with Gasteiger partial charge in [0.2, 0.25) is 0 Å². The molecule has 0 aliphatic carbocycles. The Bertz CT molecular complexity index is 592. The summed E-state index contributed by atoms with van der Waals surface area (Å²) in [6.07, 6.45) is 0.485. The summed E-state index contributed by atoms with van der Waals surface area (Å²) in [6, 6.07) is 1.87. The molecule has 0 spiro atoms. The second-order valence-electron chi connectivity index (χ2n) is 3.79. The molecule has 0 aliphatic rings. The second kappa shape index (κ2) is 4.31. The van der Waals surface area contributed by atoms with Crippen molar-refractivity contribution in [3.63, 3.8) is 0 Å². The number of nitrogen functional groups attached to an aromatic ring is 1. The van der Waals surface area contributed by atoms with Crippen LogP contribution >= 0.6 is 11.3 Å². The average molecular weight is 251 g/mol. The lowest BCUT2D eigenvalue weighted by molar-refractivity contribution is 0.100. The molecule has 0 fully saturated rings. The molecule has 0 saturated heterocycles. The third-order valence-corrected chi connectivity index (χ3v) is 3.63. The number of nitrogens with two attached hydrogens (primary N) is 2. The minimum absolute atomic E-state index is 0.0275. The van der Waals surface area contributed by atoms with E-state index in [1.54, 1.807) is 0 Å². The number of fused-ring (bicyclic) bond motifs is 1. The summed E-state index contributed by atoms with van der Waals surface area (Å²) in [6.45, 7) is 1.89. The topological polar surface area (TPSA) is 102 Å². The quantitative estimate of drug-likeness (QED) is 0.751. The maximum Gasteiger partial charge on any atom is 0.260 e. The molecule has 5 N–H and O–H groups in total. The highest BCUT2D eigenvalue weighted by molar-refractivity contribution is 7.21. The molecule has 0 aliphatic heterocycles. The Morgan fingerprint density at radius 2 is 2.29 bits per heavy atom. The molecule has 2 aromatic heterocycles. The molecule has 90 valence electrons. The first-order chi connectivity index (χ1) is 8.04. The van der Waals surface area contributed by atoms with Gasteiger partial charge in [0.15, 0.2) is 0 Å². The number of carbonyl (C=O) groups excluding carboxylic acids is 1. The van der Waals surface area contributed by atoms with Crippen LogP contribution in [0.1, 0.15) is 20.9 Å². The number of hydrogen-bond acceptors (Lipinski definition) is 5. The first-order valence-electron chi connectivity index (χ1n) is 5.13. The van der Waals surface area contributed by atoms with Gasteiger partial charge in [-0.2, -0.15) is 0 Å². The van der Waals surface area contributed by atoms with E-state index in [1.807, 2.05) is 13.0 Å². The highest BCUT2D eigenvalue weighted by Crippen LogP contribution is 2.35. The lowest BCUT2D eigenvalue weighted by atomic mass is 10.1. The molecule has 17 heavy (non-hydrogen) atoms. The summed E-state index contributed by atoms with van der Waals surface area (Å²) in [7, 11) is 0. The van der Waals surface area contributed by atoms with Crippen molar-refractivity contribution in [1.29, 1.82) is 0 Å².